The Bertz CT molecular complexity index is 639. The maximum atomic E-state index is 12.9. The van der Waals surface area contributed by atoms with E-state index in [4.69, 9.17) is 4.74 Å². The lowest BCUT2D eigenvalue weighted by Crippen LogP contribution is -2.28. The summed E-state index contributed by atoms with van der Waals surface area (Å²) in [7, 11) is 0. The molecule has 1 unspecified atom stereocenters. The molecule has 3 rings (SSSR count). The summed E-state index contributed by atoms with van der Waals surface area (Å²) in [4.78, 5) is 0. The standard InChI is InChI=1S/C17H16FNO2/c18-13-8-10-16(11-9-13)21-17-7-3-6-15(12-17)19(20)14-4-1-2-5-14/h1,3-4,6-12,14,20H,2,5H2. The molecule has 108 valence electrons. The molecule has 0 saturated heterocycles. The van der Waals surface area contributed by atoms with Gasteiger partial charge in [-0.05, 0) is 49.2 Å². The van der Waals surface area contributed by atoms with Crippen molar-refractivity contribution in [1.29, 1.82) is 0 Å². The Morgan fingerprint density at radius 3 is 2.62 bits per heavy atom. The topological polar surface area (TPSA) is 32.7 Å². The molecule has 21 heavy (non-hydrogen) atoms. The lowest BCUT2D eigenvalue weighted by atomic mass is 10.2. The third kappa shape index (κ3) is 3.23. The molecule has 1 aliphatic carbocycles. The molecule has 0 heterocycles. The van der Waals surface area contributed by atoms with Crippen molar-refractivity contribution in [2.24, 2.45) is 0 Å². The Hall–Kier alpha value is -2.33. The highest BCUT2D eigenvalue weighted by Crippen LogP contribution is 2.28. The van der Waals surface area contributed by atoms with Crippen LogP contribution in [0.3, 0.4) is 0 Å². The molecule has 0 aromatic heterocycles. The van der Waals surface area contributed by atoms with Gasteiger partial charge in [0.2, 0.25) is 0 Å². The van der Waals surface area contributed by atoms with Gasteiger partial charge in [-0.2, -0.15) is 0 Å². The van der Waals surface area contributed by atoms with Crippen LogP contribution in [0.1, 0.15) is 12.8 Å². The normalized spacial score (nSPS) is 17.0. The van der Waals surface area contributed by atoms with Gasteiger partial charge in [-0.1, -0.05) is 18.2 Å². The van der Waals surface area contributed by atoms with Gasteiger partial charge in [0.15, 0.2) is 0 Å². The number of anilines is 1. The van der Waals surface area contributed by atoms with Gasteiger partial charge < -0.3 is 4.74 Å². The average Bonchev–Trinajstić information content (AvgIpc) is 3.03. The first-order valence-electron chi connectivity index (χ1n) is 6.90. The molecule has 1 aliphatic rings. The number of allylic oxidation sites excluding steroid dienone is 1. The van der Waals surface area contributed by atoms with E-state index in [2.05, 4.69) is 6.08 Å². The first-order chi connectivity index (χ1) is 10.2. The number of hydroxylamine groups is 1. The molecule has 4 heteroatoms. The molecular formula is C17H16FNO2. The summed E-state index contributed by atoms with van der Waals surface area (Å²) in [5.41, 5.74) is 0.672. The van der Waals surface area contributed by atoms with Crippen molar-refractivity contribution in [3.05, 3.63) is 66.5 Å². The molecule has 1 N–H and O–H groups in total. The van der Waals surface area contributed by atoms with E-state index < -0.39 is 0 Å². The van der Waals surface area contributed by atoms with Crippen molar-refractivity contribution in [3.63, 3.8) is 0 Å². The summed E-state index contributed by atoms with van der Waals surface area (Å²) >= 11 is 0. The molecule has 0 bridgehead atoms. The van der Waals surface area contributed by atoms with Gasteiger partial charge in [0.1, 0.15) is 17.3 Å². The van der Waals surface area contributed by atoms with Crippen LogP contribution in [-0.2, 0) is 0 Å². The first-order valence-corrected chi connectivity index (χ1v) is 6.90. The maximum Gasteiger partial charge on any atom is 0.129 e. The number of benzene rings is 2. The number of halogens is 1. The summed E-state index contributed by atoms with van der Waals surface area (Å²) in [5, 5.41) is 11.5. The number of hydrogen-bond acceptors (Lipinski definition) is 3. The highest BCUT2D eigenvalue weighted by atomic mass is 19.1. The molecule has 0 radical (unpaired) electrons. The minimum absolute atomic E-state index is 0.00562. The first kappa shape index (κ1) is 13.6. The van der Waals surface area contributed by atoms with Crippen molar-refractivity contribution >= 4 is 5.69 Å². The molecule has 0 fully saturated rings. The van der Waals surface area contributed by atoms with Gasteiger partial charge in [0, 0.05) is 6.07 Å². The van der Waals surface area contributed by atoms with Gasteiger partial charge in [-0.25, -0.2) is 4.39 Å². The zero-order chi connectivity index (χ0) is 14.7. The predicted molar refractivity (Wildman–Crippen MR) is 79.3 cm³/mol. The van der Waals surface area contributed by atoms with Crippen LogP contribution in [0.2, 0.25) is 0 Å². The predicted octanol–water partition coefficient (Wildman–Crippen LogP) is 4.53. The Morgan fingerprint density at radius 1 is 1.10 bits per heavy atom. The summed E-state index contributed by atoms with van der Waals surface area (Å²) in [6, 6.07) is 13.0. The highest BCUT2D eigenvalue weighted by molar-refractivity contribution is 5.51. The van der Waals surface area contributed by atoms with Crippen molar-refractivity contribution in [3.8, 4) is 11.5 Å². The Balaban J connectivity index is 1.76. The van der Waals surface area contributed by atoms with Gasteiger partial charge in [0.05, 0.1) is 11.7 Å². The third-order valence-electron chi connectivity index (χ3n) is 3.43. The van der Waals surface area contributed by atoms with Crippen molar-refractivity contribution in [2.75, 3.05) is 5.06 Å². The fourth-order valence-electron chi connectivity index (χ4n) is 2.34. The fourth-order valence-corrected chi connectivity index (χ4v) is 2.34. The van der Waals surface area contributed by atoms with Gasteiger partial charge in [-0.15, -0.1) is 0 Å². The monoisotopic (exact) mass is 285 g/mol. The zero-order valence-electron chi connectivity index (χ0n) is 11.4. The van der Waals surface area contributed by atoms with Crippen molar-refractivity contribution in [2.45, 2.75) is 18.9 Å². The van der Waals surface area contributed by atoms with Crippen LogP contribution in [0.25, 0.3) is 0 Å². The highest BCUT2D eigenvalue weighted by Gasteiger charge is 2.17. The summed E-state index contributed by atoms with van der Waals surface area (Å²) < 4.78 is 18.5. The number of nitrogens with zero attached hydrogens (tertiary/aromatic N) is 1. The molecule has 1 atom stereocenters. The molecule has 0 saturated carbocycles. The van der Waals surface area contributed by atoms with E-state index >= 15 is 0 Å². The Kier molecular flexibility index (Phi) is 3.88. The van der Waals surface area contributed by atoms with E-state index in [0.717, 1.165) is 12.8 Å². The van der Waals surface area contributed by atoms with Gasteiger partial charge in [0.25, 0.3) is 0 Å². The minimum Gasteiger partial charge on any atom is -0.457 e. The lowest BCUT2D eigenvalue weighted by Gasteiger charge is -2.23. The van der Waals surface area contributed by atoms with E-state index in [-0.39, 0.29) is 11.9 Å². The molecule has 0 amide bonds. The van der Waals surface area contributed by atoms with E-state index in [1.54, 1.807) is 24.3 Å². The second kappa shape index (κ2) is 5.97. The molecule has 2 aromatic carbocycles. The van der Waals surface area contributed by atoms with Crippen LogP contribution >= 0.6 is 0 Å². The van der Waals surface area contributed by atoms with Crippen LogP contribution in [0.15, 0.2) is 60.7 Å². The van der Waals surface area contributed by atoms with Crippen LogP contribution in [-0.4, -0.2) is 11.2 Å². The van der Waals surface area contributed by atoms with Crippen LogP contribution in [0.4, 0.5) is 10.1 Å². The van der Waals surface area contributed by atoms with Crippen molar-refractivity contribution < 1.29 is 14.3 Å². The zero-order valence-corrected chi connectivity index (χ0v) is 11.4. The number of rotatable bonds is 4. The smallest absolute Gasteiger partial charge is 0.129 e. The summed E-state index contributed by atoms with van der Waals surface area (Å²) in [6.07, 6.45) is 5.94. The Labute approximate surface area is 122 Å². The lowest BCUT2D eigenvalue weighted by molar-refractivity contribution is 0.231. The molecule has 3 nitrogen and oxygen atoms in total. The van der Waals surface area contributed by atoms with E-state index in [1.807, 2.05) is 18.2 Å². The molecule has 0 spiro atoms. The third-order valence-corrected chi connectivity index (χ3v) is 3.43. The SMILES string of the molecule is ON(c1cccc(Oc2ccc(F)cc2)c1)C1C=CCC1. The van der Waals surface area contributed by atoms with E-state index in [1.165, 1.54) is 17.2 Å². The van der Waals surface area contributed by atoms with Crippen LogP contribution in [0.5, 0.6) is 11.5 Å². The van der Waals surface area contributed by atoms with Crippen LogP contribution < -0.4 is 9.80 Å². The van der Waals surface area contributed by atoms with E-state index in [9.17, 15) is 9.60 Å². The second-order valence-electron chi connectivity index (χ2n) is 4.97. The van der Waals surface area contributed by atoms with E-state index in [0.29, 0.717) is 17.2 Å². The van der Waals surface area contributed by atoms with Gasteiger partial charge in [-0.3, -0.25) is 10.3 Å². The average molecular weight is 285 g/mol. The largest absolute Gasteiger partial charge is 0.457 e. The van der Waals surface area contributed by atoms with Crippen molar-refractivity contribution in [1.82, 2.24) is 0 Å². The fraction of sp³-hybridized carbons (Fsp3) is 0.176. The summed E-state index contributed by atoms with van der Waals surface area (Å²) in [6.45, 7) is 0. The molecule has 0 aliphatic heterocycles. The number of hydrogen-bond donors (Lipinski definition) is 1. The quantitative estimate of drug-likeness (QED) is 0.661. The molecule has 2 aromatic rings. The number of ether oxygens (including phenoxy) is 1. The summed E-state index contributed by atoms with van der Waals surface area (Å²) in [5.74, 6) is 0.851. The van der Waals surface area contributed by atoms with Gasteiger partial charge >= 0.3 is 0 Å². The minimum atomic E-state index is -0.300. The second-order valence-corrected chi connectivity index (χ2v) is 4.97. The van der Waals surface area contributed by atoms with Crippen LogP contribution in [0, 0.1) is 5.82 Å². The maximum absolute atomic E-state index is 12.9. The molecular weight excluding hydrogens is 269 g/mol. The Morgan fingerprint density at radius 2 is 1.90 bits per heavy atom.